The Morgan fingerprint density at radius 1 is 1.09 bits per heavy atom. The topological polar surface area (TPSA) is 49.6 Å². The number of amides is 1. The van der Waals surface area contributed by atoms with Crippen molar-refractivity contribution in [3.63, 3.8) is 0 Å². The average Bonchev–Trinajstić information content (AvgIpc) is 2.47. The largest absolute Gasteiger partial charge is 0.341 e. The molecule has 0 aliphatic carbocycles. The summed E-state index contributed by atoms with van der Waals surface area (Å²) in [5, 5.41) is 0. The van der Waals surface area contributed by atoms with Crippen LogP contribution in [0.5, 0.6) is 0 Å². The molecule has 132 valence electrons. The highest BCUT2D eigenvalue weighted by atomic mass is 35.5. The SMILES string of the molecule is CCCC(C)(N)C(=O)N1CCC(N2CCCCC2)CC1.Cl.Cl. The van der Waals surface area contributed by atoms with Gasteiger partial charge in [0.25, 0.3) is 0 Å². The van der Waals surface area contributed by atoms with Gasteiger partial charge >= 0.3 is 0 Å². The first-order valence-electron chi connectivity index (χ1n) is 8.37. The summed E-state index contributed by atoms with van der Waals surface area (Å²) in [6, 6.07) is 0.689. The van der Waals surface area contributed by atoms with E-state index in [1.165, 1.54) is 32.4 Å². The molecule has 0 saturated carbocycles. The predicted molar refractivity (Wildman–Crippen MR) is 97.0 cm³/mol. The maximum Gasteiger partial charge on any atom is 0.242 e. The molecule has 6 heteroatoms. The highest BCUT2D eigenvalue weighted by Crippen LogP contribution is 2.23. The number of piperidine rings is 2. The molecule has 1 amide bonds. The molecule has 2 heterocycles. The van der Waals surface area contributed by atoms with Crippen molar-refractivity contribution in [2.24, 2.45) is 5.73 Å². The van der Waals surface area contributed by atoms with Crippen molar-refractivity contribution in [1.29, 1.82) is 0 Å². The number of halogens is 2. The Labute approximate surface area is 148 Å². The minimum atomic E-state index is -0.674. The molecule has 1 atom stereocenters. The molecule has 0 aromatic heterocycles. The fraction of sp³-hybridized carbons (Fsp3) is 0.938. The normalized spacial score (nSPS) is 23.1. The number of hydrogen-bond donors (Lipinski definition) is 1. The summed E-state index contributed by atoms with van der Waals surface area (Å²) in [5.74, 6) is 0.149. The minimum absolute atomic E-state index is 0. The van der Waals surface area contributed by atoms with Crippen LogP contribution < -0.4 is 5.73 Å². The van der Waals surface area contributed by atoms with Crippen LogP contribution in [0.15, 0.2) is 0 Å². The van der Waals surface area contributed by atoms with Crippen LogP contribution in [0.4, 0.5) is 0 Å². The van der Waals surface area contributed by atoms with Gasteiger partial charge in [-0.2, -0.15) is 0 Å². The highest BCUT2D eigenvalue weighted by molar-refractivity contribution is 5.86. The number of carbonyl (C=O) groups is 1. The zero-order valence-electron chi connectivity index (χ0n) is 14.1. The second kappa shape index (κ2) is 9.96. The van der Waals surface area contributed by atoms with E-state index in [2.05, 4.69) is 11.8 Å². The van der Waals surface area contributed by atoms with Crippen molar-refractivity contribution < 1.29 is 4.79 Å². The third-order valence-electron chi connectivity index (χ3n) is 4.92. The summed E-state index contributed by atoms with van der Waals surface area (Å²) >= 11 is 0. The molecule has 0 spiro atoms. The van der Waals surface area contributed by atoms with Crippen molar-refractivity contribution in [1.82, 2.24) is 9.80 Å². The molecule has 2 aliphatic heterocycles. The van der Waals surface area contributed by atoms with Crippen molar-refractivity contribution in [3.8, 4) is 0 Å². The molecular formula is C16H33Cl2N3O. The predicted octanol–water partition coefficient (Wildman–Crippen LogP) is 2.82. The van der Waals surface area contributed by atoms with Gasteiger partial charge in [-0.05, 0) is 52.1 Å². The standard InChI is InChI=1S/C16H31N3O.2ClH/c1-3-9-16(2,17)15(20)19-12-7-14(8-13-19)18-10-5-4-6-11-18;;/h14H,3-13,17H2,1-2H3;2*1H. The molecule has 0 radical (unpaired) electrons. The van der Waals surface area contributed by atoms with Crippen molar-refractivity contribution in [2.45, 2.75) is 70.4 Å². The van der Waals surface area contributed by atoms with Gasteiger partial charge < -0.3 is 15.5 Å². The summed E-state index contributed by atoms with van der Waals surface area (Å²) in [5.41, 5.74) is 5.50. The van der Waals surface area contributed by atoms with Crippen LogP contribution >= 0.6 is 24.8 Å². The van der Waals surface area contributed by atoms with E-state index >= 15 is 0 Å². The number of nitrogens with zero attached hydrogens (tertiary/aromatic N) is 2. The zero-order valence-corrected chi connectivity index (χ0v) is 15.7. The molecule has 2 aliphatic rings. The lowest BCUT2D eigenvalue weighted by atomic mass is 9.93. The quantitative estimate of drug-likeness (QED) is 0.845. The number of rotatable bonds is 4. The van der Waals surface area contributed by atoms with E-state index in [4.69, 9.17) is 5.73 Å². The summed E-state index contributed by atoms with van der Waals surface area (Å²) in [4.78, 5) is 17.1. The zero-order chi connectivity index (χ0) is 14.6. The Balaban J connectivity index is 0.00000220. The van der Waals surface area contributed by atoms with E-state index in [1.54, 1.807) is 0 Å². The number of carbonyl (C=O) groups excluding carboxylic acids is 1. The van der Waals surface area contributed by atoms with Gasteiger partial charge in [-0.3, -0.25) is 4.79 Å². The number of hydrogen-bond acceptors (Lipinski definition) is 3. The van der Waals surface area contributed by atoms with Gasteiger partial charge in [0, 0.05) is 19.1 Å². The Kier molecular flexibility index (Phi) is 9.95. The van der Waals surface area contributed by atoms with Gasteiger partial charge in [0.1, 0.15) is 0 Å². The molecule has 2 rings (SSSR count). The fourth-order valence-corrected chi connectivity index (χ4v) is 3.71. The molecule has 4 nitrogen and oxygen atoms in total. The Morgan fingerprint density at radius 2 is 1.64 bits per heavy atom. The summed E-state index contributed by atoms with van der Waals surface area (Å²) < 4.78 is 0. The molecule has 1 unspecified atom stereocenters. The Hall–Kier alpha value is -0.0300. The minimum Gasteiger partial charge on any atom is -0.341 e. The Bertz CT molecular complexity index is 325. The van der Waals surface area contributed by atoms with Crippen LogP contribution in [0.25, 0.3) is 0 Å². The van der Waals surface area contributed by atoms with E-state index in [0.29, 0.717) is 6.04 Å². The lowest BCUT2D eigenvalue weighted by Crippen LogP contribution is -2.56. The van der Waals surface area contributed by atoms with Gasteiger partial charge in [0.2, 0.25) is 5.91 Å². The second-order valence-electron chi connectivity index (χ2n) is 6.79. The van der Waals surface area contributed by atoms with Gasteiger partial charge in [-0.15, -0.1) is 24.8 Å². The van der Waals surface area contributed by atoms with Crippen LogP contribution in [0, 0.1) is 0 Å². The molecule has 22 heavy (non-hydrogen) atoms. The third kappa shape index (κ3) is 5.55. The van der Waals surface area contributed by atoms with E-state index in [-0.39, 0.29) is 30.7 Å². The smallest absolute Gasteiger partial charge is 0.242 e. The van der Waals surface area contributed by atoms with Gasteiger partial charge in [-0.25, -0.2) is 0 Å². The molecule has 0 aromatic rings. The average molecular weight is 354 g/mol. The first kappa shape index (κ1) is 22.0. The Morgan fingerprint density at radius 3 is 2.14 bits per heavy atom. The van der Waals surface area contributed by atoms with E-state index in [9.17, 15) is 4.79 Å². The lowest BCUT2D eigenvalue weighted by molar-refractivity contribution is -0.138. The molecule has 2 fully saturated rings. The maximum atomic E-state index is 12.5. The molecular weight excluding hydrogens is 321 g/mol. The van der Waals surface area contributed by atoms with Crippen LogP contribution in [0.1, 0.15) is 58.8 Å². The number of nitrogens with two attached hydrogens (primary N) is 1. The van der Waals surface area contributed by atoms with Crippen LogP contribution in [0.2, 0.25) is 0 Å². The van der Waals surface area contributed by atoms with Crippen LogP contribution in [-0.2, 0) is 4.79 Å². The third-order valence-corrected chi connectivity index (χ3v) is 4.92. The lowest BCUT2D eigenvalue weighted by Gasteiger charge is -2.42. The van der Waals surface area contributed by atoms with Crippen LogP contribution in [-0.4, -0.2) is 53.5 Å². The fourth-order valence-electron chi connectivity index (χ4n) is 3.71. The number of likely N-dealkylation sites (tertiary alicyclic amines) is 2. The summed E-state index contributed by atoms with van der Waals surface area (Å²) in [6.45, 7) is 8.25. The molecule has 0 aromatic carbocycles. The van der Waals surface area contributed by atoms with Crippen molar-refractivity contribution in [2.75, 3.05) is 26.2 Å². The first-order chi connectivity index (χ1) is 9.54. The van der Waals surface area contributed by atoms with Gasteiger partial charge in [-0.1, -0.05) is 19.8 Å². The molecule has 2 N–H and O–H groups in total. The van der Waals surface area contributed by atoms with Gasteiger partial charge in [0.05, 0.1) is 5.54 Å². The van der Waals surface area contributed by atoms with E-state index < -0.39 is 5.54 Å². The first-order valence-corrected chi connectivity index (χ1v) is 8.37. The molecule has 2 saturated heterocycles. The maximum absolute atomic E-state index is 12.5. The van der Waals surface area contributed by atoms with Crippen molar-refractivity contribution in [3.05, 3.63) is 0 Å². The highest BCUT2D eigenvalue weighted by Gasteiger charge is 2.34. The van der Waals surface area contributed by atoms with Gasteiger partial charge in [0.15, 0.2) is 0 Å². The van der Waals surface area contributed by atoms with Crippen LogP contribution in [0.3, 0.4) is 0 Å². The summed E-state index contributed by atoms with van der Waals surface area (Å²) in [7, 11) is 0. The van der Waals surface area contributed by atoms with E-state index in [0.717, 1.165) is 38.8 Å². The van der Waals surface area contributed by atoms with E-state index in [1.807, 2.05) is 11.8 Å². The monoisotopic (exact) mass is 353 g/mol. The molecule has 0 bridgehead atoms. The van der Waals surface area contributed by atoms with Crippen molar-refractivity contribution >= 4 is 30.7 Å². The second-order valence-corrected chi connectivity index (χ2v) is 6.79. The summed E-state index contributed by atoms with van der Waals surface area (Å²) in [6.07, 6.45) is 8.05.